The summed E-state index contributed by atoms with van der Waals surface area (Å²) in [6.07, 6.45) is 2.52. The molecule has 3 aliphatic rings. The Morgan fingerprint density at radius 3 is 2.34 bits per heavy atom. The Hall–Kier alpha value is -2.19. The molecule has 0 aliphatic carbocycles. The van der Waals surface area contributed by atoms with E-state index in [1.165, 1.54) is 12.4 Å². The summed E-state index contributed by atoms with van der Waals surface area (Å²) in [7, 11) is 0. The fraction of sp³-hybridized carbons (Fsp3) is 0.444. The summed E-state index contributed by atoms with van der Waals surface area (Å²) in [6, 6.07) is 1.99. The van der Waals surface area contributed by atoms with Crippen LogP contribution in [0.2, 0.25) is 0 Å². The number of carboxylic acids is 1. The third-order valence-electron chi connectivity index (χ3n) is 4.99. The van der Waals surface area contributed by atoms with E-state index in [0.29, 0.717) is 9.96 Å². The molecule has 32 heavy (non-hydrogen) atoms. The zero-order valence-corrected chi connectivity index (χ0v) is 19.7. The maximum absolute atomic E-state index is 13.0. The number of amides is 2. The molecule has 0 spiro atoms. The Balaban J connectivity index is 0.00000289. The first kappa shape index (κ1) is 24.5. The van der Waals surface area contributed by atoms with Gasteiger partial charge in [0.2, 0.25) is 4.93 Å². The summed E-state index contributed by atoms with van der Waals surface area (Å²) in [5, 5.41) is 14.5. The predicted molar refractivity (Wildman–Crippen MR) is 95.9 cm³/mol. The van der Waals surface area contributed by atoms with Crippen LogP contribution >= 0.6 is 11.8 Å². The quantitative estimate of drug-likeness (QED) is 0.312. The van der Waals surface area contributed by atoms with Crippen molar-refractivity contribution in [2.24, 2.45) is 0 Å². The minimum atomic E-state index is -2.39. The molecular weight excluding hydrogens is 457 g/mol. The second-order valence-corrected chi connectivity index (χ2v) is 8.35. The van der Waals surface area contributed by atoms with Crippen molar-refractivity contribution in [3.05, 3.63) is 24.5 Å². The minimum Gasteiger partial charge on any atom is -0.544 e. The normalized spacial score (nSPS) is 29.3. The Morgan fingerprint density at radius 2 is 1.78 bits per heavy atom. The smallest absolute Gasteiger partial charge is 0.544 e. The van der Waals surface area contributed by atoms with Gasteiger partial charge in [-0.1, -0.05) is 11.8 Å². The van der Waals surface area contributed by atoms with Gasteiger partial charge in [0.25, 0.3) is 17.5 Å². The van der Waals surface area contributed by atoms with Crippen molar-refractivity contribution in [3.63, 3.8) is 0 Å². The van der Waals surface area contributed by atoms with Crippen molar-refractivity contribution in [2.75, 3.05) is 6.61 Å². The number of aliphatic carboxylic acids is 1. The minimum absolute atomic E-state index is 0. The van der Waals surface area contributed by atoms with Gasteiger partial charge in [0.1, 0.15) is 18.6 Å². The molecule has 4 heterocycles. The van der Waals surface area contributed by atoms with Crippen molar-refractivity contribution < 1.29 is 72.9 Å². The summed E-state index contributed by atoms with van der Waals surface area (Å²) in [4.78, 5) is 68.7. The zero-order valence-electron chi connectivity index (χ0n) is 16.9. The summed E-state index contributed by atoms with van der Waals surface area (Å²) in [6.45, 7) is -0.402. The van der Waals surface area contributed by atoms with Crippen molar-refractivity contribution in [2.45, 2.75) is 47.3 Å². The van der Waals surface area contributed by atoms with Crippen molar-refractivity contribution in [1.29, 1.82) is 0 Å². The van der Waals surface area contributed by atoms with Crippen LogP contribution in [0.5, 0.6) is 0 Å². The van der Waals surface area contributed by atoms with E-state index in [1.807, 2.05) is 0 Å². The van der Waals surface area contributed by atoms with Gasteiger partial charge in [-0.2, -0.15) is 5.06 Å². The molecule has 3 aliphatic heterocycles. The largest absolute Gasteiger partial charge is 1.00 e. The first-order valence-electron chi connectivity index (χ1n) is 9.28. The molecule has 3 fully saturated rings. The fourth-order valence-electron chi connectivity index (χ4n) is 3.44. The second kappa shape index (κ2) is 9.35. The topological polar surface area (TPSA) is 164 Å². The standard InChI is InChI=1S/C18H17N3O9S.Na/c22-12-1-5-17(29-12,16(26)27)21-14(24)11(9-28-21)20-15(25)18(6-2-13(23)30-18)31-10-3-7-19-8-4-10;/h3-4,7-8,11H,1-2,5-6,9H2,(H,20,25)(H,26,27);/q;+1/p-1/t11-,17?,18?;/m0./s1. The Kier molecular flexibility index (Phi) is 7.15. The van der Waals surface area contributed by atoms with E-state index in [9.17, 15) is 29.1 Å². The van der Waals surface area contributed by atoms with Crippen LogP contribution in [0.4, 0.5) is 0 Å². The summed E-state index contributed by atoms with van der Waals surface area (Å²) < 4.78 is 10.1. The van der Waals surface area contributed by atoms with E-state index in [-0.39, 0.29) is 55.2 Å². The number of carboxylic acid groups (broad SMARTS) is 1. The average Bonchev–Trinajstić information content (AvgIpc) is 3.42. The fourth-order valence-corrected chi connectivity index (χ4v) is 4.57. The molecule has 1 aromatic rings. The number of cyclic esters (lactones) is 2. The van der Waals surface area contributed by atoms with E-state index in [0.717, 1.165) is 11.8 Å². The molecular formula is C18H16N3NaO9S. The third kappa shape index (κ3) is 4.35. The van der Waals surface area contributed by atoms with Crippen LogP contribution in [-0.2, 0) is 38.3 Å². The van der Waals surface area contributed by atoms with E-state index in [1.54, 1.807) is 12.1 Å². The van der Waals surface area contributed by atoms with Crippen LogP contribution in [0.15, 0.2) is 29.4 Å². The average molecular weight is 473 g/mol. The molecule has 14 heteroatoms. The van der Waals surface area contributed by atoms with Crippen LogP contribution in [0.3, 0.4) is 0 Å². The number of ether oxygens (including phenoxy) is 2. The first-order chi connectivity index (χ1) is 14.8. The maximum atomic E-state index is 13.0. The van der Waals surface area contributed by atoms with Gasteiger partial charge in [-0.25, -0.2) is 0 Å². The Labute approximate surface area is 207 Å². The molecule has 2 unspecified atom stereocenters. The number of nitrogens with one attached hydrogen (secondary N) is 1. The molecule has 0 radical (unpaired) electrons. The number of rotatable bonds is 6. The van der Waals surface area contributed by atoms with E-state index in [4.69, 9.17) is 14.3 Å². The molecule has 1 aromatic heterocycles. The van der Waals surface area contributed by atoms with Gasteiger partial charge < -0.3 is 24.7 Å². The predicted octanol–water partition coefficient (Wildman–Crippen LogP) is -4.75. The Bertz CT molecular complexity index is 964. The summed E-state index contributed by atoms with van der Waals surface area (Å²) in [5.74, 6) is -4.89. The van der Waals surface area contributed by atoms with Gasteiger partial charge in [0.15, 0.2) is 0 Å². The number of esters is 2. The van der Waals surface area contributed by atoms with Gasteiger partial charge in [-0.3, -0.25) is 29.0 Å². The van der Waals surface area contributed by atoms with Crippen LogP contribution < -0.4 is 40.0 Å². The number of nitrogens with zero attached hydrogens (tertiary/aromatic N) is 2. The van der Waals surface area contributed by atoms with Gasteiger partial charge in [-0.15, -0.1) is 0 Å². The van der Waals surface area contributed by atoms with Crippen molar-refractivity contribution in [3.8, 4) is 0 Å². The van der Waals surface area contributed by atoms with E-state index >= 15 is 0 Å². The Morgan fingerprint density at radius 1 is 1.12 bits per heavy atom. The van der Waals surface area contributed by atoms with Gasteiger partial charge in [-0.05, 0) is 12.1 Å². The van der Waals surface area contributed by atoms with Gasteiger partial charge >= 0.3 is 41.5 Å². The first-order valence-corrected chi connectivity index (χ1v) is 10.1. The SMILES string of the molecule is O=C1CCC(Sc2ccncc2)(C(=O)N[C@H]2CON(C3(C(=O)[O-])CCC(=O)O3)C2=O)O1.[Na+]. The van der Waals surface area contributed by atoms with E-state index in [2.05, 4.69) is 10.3 Å². The number of carbonyl (C=O) groups is 5. The zero-order chi connectivity index (χ0) is 22.2. The second-order valence-electron chi connectivity index (χ2n) is 7.01. The summed E-state index contributed by atoms with van der Waals surface area (Å²) >= 11 is 0.991. The third-order valence-corrected chi connectivity index (χ3v) is 6.30. The van der Waals surface area contributed by atoms with Crippen LogP contribution in [0.1, 0.15) is 25.7 Å². The molecule has 12 nitrogen and oxygen atoms in total. The van der Waals surface area contributed by atoms with Crippen LogP contribution in [0.25, 0.3) is 0 Å². The number of pyridine rings is 1. The number of carbonyl (C=O) groups excluding carboxylic acids is 5. The monoisotopic (exact) mass is 473 g/mol. The molecule has 164 valence electrons. The van der Waals surface area contributed by atoms with E-state index < -0.39 is 53.0 Å². The molecule has 3 atom stereocenters. The van der Waals surface area contributed by atoms with Gasteiger partial charge in [0, 0.05) is 30.1 Å². The molecule has 4 rings (SSSR count). The van der Waals surface area contributed by atoms with Crippen molar-refractivity contribution >= 4 is 41.5 Å². The molecule has 1 N–H and O–H groups in total. The molecule has 0 bridgehead atoms. The maximum Gasteiger partial charge on any atom is 1.00 e. The number of hydrogen-bond donors (Lipinski definition) is 1. The number of thioether (sulfide) groups is 1. The number of hydroxylamine groups is 2. The molecule has 0 aromatic carbocycles. The molecule has 3 saturated heterocycles. The van der Waals surface area contributed by atoms with Crippen LogP contribution in [0, 0.1) is 0 Å². The van der Waals surface area contributed by atoms with Crippen molar-refractivity contribution in [1.82, 2.24) is 15.4 Å². The summed E-state index contributed by atoms with van der Waals surface area (Å²) in [5.41, 5.74) is -2.39. The number of aromatic nitrogens is 1. The van der Waals surface area contributed by atoms with Gasteiger partial charge in [0.05, 0.1) is 12.8 Å². The number of hydrogen-bond acceptors (Lipinski definition) is 11. The molecule has 0 saturated carbocycles. The molecule has 2 amide bonds. The van der Waals surface area contributed by atoms with Crippen LogP contribution in [-0.4, -0.2) is 63.1 Å².